The summed E-state index contributed by atoms with van der Waals surface area (Å²) < 4.78 is 16.1. The molecule has 1 saturated heterocycles. The fourth-order valence-corrected chi connectivity index (χ4v) is 5.03. The molecule has 1 amide bonds. The molecule has 2 aromatic rings. The number of aromatic nitrogens is 1. The first-order valence-corrected chi connectivity index (χ1v) is 11.6. The van der Waals surface area contributed by atoms with Crippen molar-refractivity contribution >= 4 is 34.6 Å². The van der Waals surface area contributed by atoms with Gasteiger partial charge in [-0.1, -0.05) is 18.5 Å². The zero-order valence-corrected chi connectivity index (χ0v) is 20.9. The number of hydrogen-bond acceptors (Lipinski definition) is 6. The van der Waals surface area contributed by atoms with Gasteiger partial charge in [0.05, 0.1) is 30.7 Å². The summed E-state index contributed by atoms with van der Waals surface area (Å²) in [5, 5.41) is 1.47. The molecule has 0 spiro atoms. The van der Waals surface area contributed by atoms with Crippen molar-refractivity contribution in [1.29, 1.82) is 0 Å². The Labute approximate surface area is 200 Å². The third-order valence-electron chi connectivity index (χ3n) is 6.22. The largest absolute Gasteiger partial charge is 0.497 e. The minimum atomic E-state index is -0.608. The van der Waals surface area contributed by atoms with E-state index in [1.807, 2.05) is 39.0 Å². The highest BCUT2D eigenvalue weighted by molar-refractivity contribution is 6.32. The van der Waals surface area contributed by atoms with Crippen LogP contribution < -0.4 is 4.74 Å². The van der Waals surface area contributed by atoms with Gasteiger partial charge in [-0.2, -0.15) is 0 Å². The van der Waals surface area contributed by atoms with Crippen LogP contribution in [0.2, 0.25) is 5.02 Å². The number of ether oxygens (including phenoxy) is 3. The number of rotatable bonds is 5. The van der Waals surface area contributed by atoms with Gasteiger partial charge >= 0.3 is 12.1 Å². The summed E-state index contributed by atoms with van der Waals surface area (Å²) >= 11 is 6.70. The van der Waals surface area contributed by atoms with Gasteiger partial charge in [0.1, 0.15) is 11.4 Å². The first-order chi connectivity index (χ1) is 15.6. The molecule has 1 aromatic heterocycles. The van der Waals surface area contributed by atoms with Crippen molar-refractivity contribution in [2.24, 2.45) is 11.8 Å². The summed E-state index contributed by atoms with van der Waals surface area (Å²) in [5.41, 5.74) is 1.16. The summed E-state index contributed by atoms with van der Waals surface area (Å²) in [5.74, 6) is -0.202. The van der Waals surface area contributed by atoms with Crippen molar-refractivity contribution in [3.05, 3.63) is 35.0 Å². The van der Waals surface area contributed by atoms with Crippen molar-refractivity contribution < 1.29 is 23.8 Å². The Bertz CT molecular complexity index is 1020. The van der Waals surface area contributed by atoms with Crippen LogP contribution in [0.25, 0.3) is 10.9 Å². The van der Waals surface area contributed by atoms with E-state index in [1.54, 1.807) is 18.2 Å². The molecular weight excluding hydrogens is 444 g/mol. The second kappa shape index (κ2) is 10.2. The minimum Gasteiger partial charge on any atom is -0.497 e. The monoisotopic (exact) mass is 476 g/mol. The highest BCUT2D eigenvalue weighted by Crippen LogP contribution is 2.44. The van der Waals surface area contributed by atoms with Crippen LogP contribution in [0.15, 0.2) is 24.4 Å². The summed E-state index contributed by atoms with van der Waals surface area (Å²) in [7, 11) is 3.00. The Morgan fingerprint density at radius 3 is 2.61 bits per heavy atom. The maximum atomic E-state index is 12.9. The van der Waals surface area contributed by atoms with Crippen LogP contribution in [0.4, 0.5) is 4.79 Å². The van der Waals surface area contributed by atoms with Gasteiger partial charge in [0, 0.05) is 24.7 Å². The molecule has 0 bridgehead atoms. The number of likely N-dealkylation sites (tertiary alicyclic amines) is 1. The molecule has 2 heterocycles. The van der Waals surface area contributed by atoms with Crippen LogP contribution in [0, 0.1) is 11.8 Å². The summed E-state index contributed by atoms with van der Waals surface area (Å²) in [6.07, 6.45) is 2.64. The van der Waals surface area contributed by atoms with E-state index in [0.717, 1.165) is 22.9 Å². The van der Waals surface area contributed by atoms with Crippen molar-refractivity contribution in [1.82, 2.24) is 9.88 Å². The molecule has 7 nitrogen and oxygen atoms in total. The Kier molecular flexibility index (Phi) is 7.73. The summed E-state index contributed by atoms with van der Waals surface area (Å²) in [6.45, 7) is 8.30. The number of amides is 1. The van der Waals surface area contributed by atoms with E-state index >= 15 is 0 Å². The fourth-order valence-electron chi connectivity index (χ4n) is 4.74. The second-order valence-corrected chi connectivity index (χ2v) is 9.83. The molecule has 1 aliphatic heterocycles. The molecule has 3 unspecified atom stereocenters. The number of nitrogens with zero attached hydrogens (tertiary/aromatic N) is 2. The van der Waals surface area contributed by atoms with Gasteiger partial charge < -0.3 is 19.1 Å². The van der Waals surface area contributed by atoms with E-state index in [9.17, 15) is 9.59 Å². The second-order valence-electron chi connectivity index (χ2n) is 9.43. The summed E-state index contributed by atoms with van der Waals surface area (Å²) in [6, 6.07) is 5.71. The van der Waals surface area contributed by atoms with E-state index in [2.05, 4.69) is 11.9 Å². The number of hydrogen-bond donors (Lipinski definition) is 0. The number of halogens is 1. The predicted molar refractivity (Wildman–Crippen MR) is 128 cm³/mol. The smallest absolute Gasteiger partial charge is 0.410 e. The number of benzene rings is 1. The Morgan fingerprint density at radius 2 is 2.00 bits per heavy atom. The maximum absolute atomic E-state index is 12.9. The van der Waals surface area contributed by atoms with Crippen molar-refractivity contribution in [3.63, 3.8) is 0 Å². The molecule has 3 atom stereocenters. The van der Waals surface area contributed by atoms with Crippen LogP contribution in [-0.2, 0) is 14.3 Å². The molecule has 8 heteroatoms. The molecule has 0 radical (unpaired) electrons. The standard InChI is InChI=1S/C25H33ClN2O5/c1-7-16(22-18-12-15(31-5)8-9-21(18)27-13-20(22)26)17-10-11-28(14-19(17)23(29)32-6)24(30)33-25(2,3)4/h8-9,12-13,16-17,19H,7,10-11,14H2,1-6H3. The van der Waals surface area contributed by atoms with Crippen molar-refractivity contribution in [2.75, 3.05) is 27.3 Å². The van der Waals surface area contributed by atoms with Gasteiger partial charge in [0.15, 0.2) is 0 Å². The van der Waals surface area contributed by atoms with E-state index in [1.165, 1.54) is 7.11 Å². The molecule has 33 heavy (non-hydrogen) atoms. The quantitative estimate of drug-likeness (QED) is 0.535. The number of esters is 1. The Balaban J connectivity index is 2.00. The predicted octanol–water partition coefficient (Wildman–Crippen LogP) is 5.44. The first-order valence-electron chi connectivity index (χ1n) is 11.3. The zero-order chi connectivity index (χ0) is 24.3. The molecule has 0 saturated carbocycles. The lowest BCUT2D eigenvalue weighted by Gasteiger charge is -2.41. The lowest BCUT2D eigenvalue weighted by atomic mass is 9.72. The molecule has 1 aromatic carbocycles. The fraction of sp³-hybridized carbons (Fsp3) is 0.560. The van der Waals surface area contributed by atoms with E-state index < -0.39 is 17.6 Å². The molecule has 1 fully saturated rings. The topological polar surface area (TPSA) is 78.0 Å². The normalized spacial score (nSPS) is 19.8. The SMILES string of the molecule is CCC(c1c(Cl)cnc2ccc(OC)cc12)C1CCN(C(=O)OC(C)(C)C)CC1C(=O)OC. The maximum Gasteiger partial charge on any atom is 0.410 e. The highest BCUT2D eigenvalue weighted by Gasteiger charge is 2.42. The number of piperidine rings is 1. The molecule has 1 aliphatic rings. The van der Waals surface area contributed by atoms with Crippen LogP contribution in [-0.4, -0.2) is 54.9 Å². The van der Waals surface area contributed by atoms with E-state index in [4.69, 9.17) is 25.8 Å². The molecular formula is C25H33ClN2O5. The Morgan fingerprint density at radius 1 is 1.27 bits per heavy atom. The number of fused-ring (bicyclic) bond motifs is 1. The number of methoxy groups -OCH3 is 2. The highest BCUT2D eigenvalue weighted by atomic mass is 35.5. The average Bonchev–Trinajstić information content (AvgIpc) is 2.78. The van der Waals surface area contributed by atoms with Gasteiger partial charge in [-0.15, -0.1) is 0 Å². The third-order valence-corrected chi connectivity index (χ3v) is 6.52. The Hall–Kier alpha value is -2.54. The molecule has 3 rings (SSSR count). The third kappa shape index (κ3) is 5.52. The van der Waals surface area contributed by atoms with Gasteiger partial charge in [-0.3, -0.25) is 9.78 Å². The van der Waals surface area contributed by atoms with E-state index in [0.29, 0.717) is 23.7 Å². The molecule has 0 aliphatic carbocycles. The van der Waals surface area contributed by atoms with Gasteiger partial charge in [0.25, 0.3) is 0 Å². The average molecular weight is 477 g/mol. The summed E-state index contributed by atoms with van der Waals surface area (Å²) in [4.78, 5) is 31.6. The molecule has 180 valence electrons. The number of carbonyl (C=O) groups is 2. The van der Waals surface area contributed by atoms with Crippen LogP contribution >= 0.6 is 11.6 Å². The zero-order valence-electron chi connectivity index (χ0n) is 20.2. The minimum absolute atomic E-state index is 0.0278. The van der Waals surface area contributed by atoms with Crippen LogP contribution in [0.1, 0.15) is 52.0 Å². The van der Waals surface area contributed by atoms with Gasteiger partial charge in [0.2, 0.25) is 0 Å². The van der Waals surface area contributed by atoms with Gasteiger partial charge in [-0.05, 0) is 69.2 Å². The van der Waals surface area contributed by atoms with Gasteiger partial charge in [-0.25, -0.2) is 4.79 Å². The lowest BCUT2D eigenvalue weighted by Crippen LogP contribution is -2.49. The first kappa shape index (κ1) is 25.1. The van der Waals surface area contributed by atoms with Crippen molar-refractivity contribution in [2.45, 2.75) is 52.1 Å². The lowest BCUT2D eigenvalue weighted by molar-refractivity contribution is -0.150. The molecule has 0 N–H and O–H groups in total. The van der Waals surface area contributed by atoms with Crippen LogP contribution in [0.5, 0.6) is 5.75 Å². The number of carbonyl (C=O) groups excluding carboxylic acids is 2. The van der Waals surface area contributed by atoms with E-state index in [-0.39, 0.29) is 24.3 Å². The number of pyridine rings is 1. The van der Waals surface area contributed by atoms with Crippen LogP contribution in [0.3, 0.4) is 0 Å². The van der Waals surface area contributed by atoms with Crippen molar-refractivity contribution in [3.8, 4) is 5.75 Å².